The van der Waals surface area contributed by atoms with Crippen molar-refractivity contribution in [2.75, 3.05) is 18.1 Å². The van der Waals surface area contributed by atoms with Gasteiger partial charge in [-0.2, -0.15) is 5.26 Å². The fourth-order valence-electron chi connectivity index (χ4n) is 3.89. The molecule has 30 heavy (non-hydrogen) atoms. The third kappa shape index (κ3) is 4.97. The Balaban J connectivity index is 1.56. The maximum absolute atomic E-state index is 12.6. The van der Waals surface area contributed by atoms with Gasteiger partial charge in [-0.3, -0.25) is 9.59 Å². The van der Waals surface area contributed by atoms with Crippen molar-refractivity contribution in [3.8, 4) is 6.07 Å². The zero-order valence-corrected chi connectivity index (χ0v) is 17.9. The first-order valence-corrected chi connectivity index (χ1v) is 11.6. The number of benzene rings is 1. The van der Waals surface area contributed by atoms with E-state index in [0.29, 0.717) is 29.7 Å². The second-order valence-electron chi connectivity index (χ2n) is 7.60. The number of carbonyl (C=O) groups excluding carboxylic acids is 2. The summed E-state index contributed by atoms with van der Waals surface area (Å²) in [6, 6.07) is 10.6. The van der Waals surface area contributed by atoms with Gasteiger partial charge >= 0.3 is 5.97 Å². The summed E-state index contributed by atoms with van der Waals surface area (Å²) in [6.07, 6.45) is 1.14. The van der Waals surface area contributed by atoms with Crippen molar-refractivity contribution in [1.82, 2.24) is 4.57 Å². The van der Waals surface area contributed by atoms with Gasteiger partial charge in [0.2, 0.25) is 5.78 Å². The number of Topliss-reactive ketones (excluding diaryl/α,β-unsaturated/α-hetero) is 1. The van der Waals surface area contributed by atoms with Gasteiger partial charge in [0.05, 0.1) is 23.1 Å². The first-order chi connectivity index (χ1) is 14.2. The molecule has 1 unspecified atom stereocenters. The molecule has 1 aliphatic heterocycles. The first kappa shape index (κ1) is 21.8. The molecule has 1 fully saturated rings. The fourth-order valence-corrected chi connectivity index (χ4v) is 5.59. The van der Waals surface area contributed by atoms with Crippen LogP contribution < -0.4 is 0 Å². The molecule has 0 spiro atoms. The number of ether oxygens (including phenoxy) is 1. The predicted octanol–water partition coefficient (Wildman–Crippen LogP) is 2.69. The van der Waals surface area contributed by atoms with Crippen molar-refractivity contribution in [1.29, 1.82) is 5.26 Å². The van der Waals surface area contributed by atoms with Crippen LogP contribution in [0.25, 0.3) is 0 Å². The minimum absolute atomic E-state index is 0.0846. The van der Waals surface area contributed by atoms with E-state index in [1.807, 2.05) is 17.6 Å². The Labute approximate surface area is 176 Å². The second kappa shape index (κ2) is 8.84. The molecule has 1 aromatic heterocycles. The summed E-state index contributed by atoms with van der Waals surface area (Å²) in [5.41, 5.74) is 3.45. The summed E-state index contributed by atoms with van der Waals surface area (Å²) < 4.78 is 30.6. The maximum atomic E-state index is 12.6. The lowest BCUT2D eigenvalue weighted by molar-refractivity contribution is -0.142. The molecular formula is C22H24N2O5S. The number of carbonyl (C=O) groups is 2. The van der Waals surface area contributed by atoms with Crippen molar-refractivity contribution in [2.24, 2.45) is 0 Å². The number of hydrogen-bond donors (Lipinski definition) is 0. The minimum Gasteiger partial charge on any atom is -0.457 e. The Kier molecular flexibility index (Phi) is 6.42. The highest BCUT2D eigenvalue weighted by Crippen LogP contribution is 2.29. The van der Waals surface area contributed by atoms with E-state index in [1.165, 1.54) is 0 Å². The number of nitrogens with zero attached hydrogens (tertiary/aromatic N) is 2. The van der Waals surface area contributed by atoms with Gasteiger partial charge in [-0.1, -0.05) is 12.1 Å². The van der Waals surface area contributed by atoms with E-state index in [0.717, 1.165) is 11.3 Å². The van der Waals surface area contributed by atoms with E-state index < -0.39 is 15.8 Å². The van der Waals surface area contributed by atoms with Crippen molar-refractivity contribution in [2.45, 2.75) is 39.2 Å². The Morgan fingerprint density at radius 3 is 2.53 bits per heavy atom. The van der Waals surface area contributed by atoms with Gasteiger partial charge < -0.3 is 9.30 Å². The number of ketones is 1. The number of hydrogen-bond acceptors (Lipinski definition) is 6. The molecule has 0 aliphatic carbocycles. The maximum Gasteiger partial charge on any atom is 0.306 e. The van der Waals surface area contributed by atoms with E-state index in [4.69, 9.17) is 10.00 Å². The molecule has 0 saturated carbocycles. The van der Waals surface area contributed by atoms with E-state index in [-0.39, 0.29) is 36.4 Å². The third-order valence-corrected chi connectivity index (χ3v) is 7.17. The lowest BCUT2D eigenvalue weighted by atomic mass is 10.1. The quantitative estimate of drug-likeness (QED) is 0.496. The number of aromatic nitrogens is 1. The number of rotatable bonds is 7. The summed E-state index contributed by atoms with van der Waals surface area (Å²) in [5.74, 6) is -0.527. The molecular weight excluding hydrogens is 404 g/mol. The highest BCUT2D eigenvalue weighted by Gasteiger charge is 2.31. The molecule has 158 valence electrons. The molecule has 2 heterocycles. The zero-order valence-electron chi connectivity index (χ0n) is 17.1. The van der Waals surface area contributed by atoms with Crippen LogP contribution in [0.5, 0.6) is 0 Å². The van der Waals surface area contributed by atoms with Gasteiger partial charge in [-0.05, 0) is 50.5 Å². The van der Waals surface area contributed by atoms with Crippen LogP contribution in [-0.4, -0.2) is 42.9 Å². The molecule has 2 aromatic rings. The standard InChI is InChI=1S/C22H24N2O5S/c1-15-11-20(16(2)24(15)19-9-10-30(27,28)14-19)21(25)13-29-22(26)8-7-17-3-5-18(12-23)6-4-17/h3-6,11,19H,7-10,13-14H2,1-2H3. The molecule has 1 atom stereocenters. The summed E-state index contributed by atoms with van der Waals surface area (Å²) in [7, 11) is -3.03. The normalized spacial score (nSPS) is 17.4. The lowest BCUT2D eigenvalue weighted by Crippen LogP contribution is -2.17. The van der Waals surface area contributed by atoms with Gasteiger partial charge in [0.25, 0.3) is 0 Å². The lowest BCUT2D eigenvalue weighted by Gasteiger charge is -2.16. The molecule has 1 saturated heterocycles. The first-order valence-electron chi connectivity index (χ1n) is 9.77. The van der Waals surface area contributed by atoms with Crippen molar-refractivity contribution >= 4 is 21.6 Å². The van der Waals surface area contributed by atoms with E-state index in [2.05, 4.69) is 0 Å². The monoisotopic (exact) mass is 428 g/mol. The molecule has 8 heteroatoms. The molecule has 0 N–H and O–H groups in total. The smallest absolute Gasteiger partial charge is 0.306 e. The second-order valence-corrected chi connectivity index (χ2v) is 9.83. The van der Waals surface area contributed by atoms with Crippen molar-refractivity contribution < 1.29 is 22.7 Å². The number of sulfone groups is 1. The topological polar surface area (TPSA) is 106 Å². The van der Waals surface area contributed by atoms with E-state index in [1.54, 1.807) is 37.3 Å². The van der Waals surface area contributed by atoms with E-state index >= 15 is 0 Å². The Hall–Kier alpha value is -2.92. The van der Waals surface area contributed by atoms with Crippen LogP contribution in [0.15, 0.2) is 30.3 Å². The Morgan fingerprint density at radius 1 is 1.23 bits per heavy atom. The summed E-state index contributed by atoms with van der Waals surface area (Å²) in [6.45, 7) is 3.29. The van der Waals surface area contributed by atoms with Crippen LogP contribution in [0.1, 0.15) is 51.8 Å². The van der Waals surface area contributed by atoms with Gasteiger partial charge in [0, 0.05) is 29.4 Å². The van der Waals surface area contributed by atoms with E-state index in [9.17, 15) is 18.0 Å². The molecule has 1 aromatic carbocycles. The minimum atomic E-state index is -3.03. The molecule has 0 radical (unpaired) electrons. The van der Waals surface area contributed by atoms with Gasteiger partial charge in [-0.25, -0.2) is 8.42 Å². The molecule has 0 bridgehead atoms. The van der Waals surface area contributed by atoms with Crippen LogP contribution in [0.2, 0.25) is 0 Å². The molecule has 7 nitrogen and oxygen atoms in total. The van der Waals surface area contributed by atoms with Gasteiger partial charge in [0.15, 0.2) is 16.4 Å². The highest BCUT2D eigenvalue weighted by molar-refractivity contribution is 7.91. The number of nitriles is 1. The molecule has 1 aliphatic rings. The van der Waals surface area contributed by atoms with Crippen LogP contribution in [0.4, 0.5) is 0 Å². The molecule has 3 rings (SSSR count). The fraction of sp³-hybridized carbons (Fsp3) is 0.409. The van der Waals surface area contributed by atoms with Crippen LogP contribution in [0.3, 0.4) is 0 Å². The van der Waals surface area contributed by atoms with Crippen molar-refractivity contribution in [3.63, 3.8) is 0 Å². The SMILES string of the molecule is Cc1cc(C(=O)COC(=O)CCc2ccc(C#N)cc2)c(C)n1C1CCS(=O)(=O)C1. The Morgan fingerprint density at radius 2 is 1.93 bits per heavy atom. The zero-order chi connectivity index (χ0) is 21.9. The number of esters is 1. The molecule has 0 amide bonds. The largest absolute Gasteiger partial charge is 0.457 e. The average molecular weight is 429 g/mol. The Bertz CT molecular complexity index is 1110. The number of aryl methyl sites for hydroxylation is 2. The predicted molar refractivity (Wildman–Crippen MR) is 111 cm³/mol. The summed E-state index contributed by atoms with van der Waals surface area (Å²) in [5, 5.41) is 8.80. The van der Waals surface area contributed by atoms with Crippen molar-refractivity contribution in [3.05, 3.63) is 58.4 Å². The average Bonchev–Trinajstić information content (AvgIpc) is 3.22. The van der Waals surface area contributed by atoms with Gasteiger partial charge in [0.1, 0.15) is 0 Å². The highest BCUT2D eigenvalue weighted by atomic mass is 32.2. The van der Waals surface area contributed by atoms with Crippen LogP contribution in [0, 0.1) is 25.2 Å². The third-order valence-electron chi connectivity index (χ3n) is 5.42. The summed E-state index contributed by atoms with van der Waals surface area (Å²) >= 11 is 0. The summed E-state index contributed by atoms with van der Waals surface area (Å²) in [4.78, 5) is 24.6. The van der Waals surface area contributed by atoms with Crippen LogP contribution >= 0.6 is 0 Å². The van der Waals surface area contributed by atoms with Crippen LogP contribution in [-0.2, 0) is 25.8 Å². The van der Waals surface area contributed by atoms with Gasteiger partial charge in [-0.15, -0.1) is 0 Å².